The summed E-state index contributed by atoms with van der Waals surface area (Å²) in [5, 5.41) is 74.7. The first-order valence-corrected chi connectivity index (χ1v) is 18.0. The molecule has 14 heteroatoms. The molecular formula is C35H52O14. The van der Waals surface area contributed by atoms with Gasteiger partial charge in [-0.05, 0) is 94.0 Å². The van der Waals surface area contributed by atoms with Crippen molar-refractivity contribution in [3.05, 3.63) is 11.6 Å². The molecule has 49 heavy (non-hydrogen) atoms. The first kappa shape index (κ1) is 35.8. The number of aliphatic hydroxyl groups is 7. The van der Waals surface area contributed by atoms with E-state index in [0.29, 0.717) is 25.7 Å². The second-order valence-corrected chi connectivity index (χ2v) is 16.0. The van der Waals surface area contributed by atoms with Gasteiger partial charge in [-0.25, -0.2) is 4.79 Å². The zero-order chi connectivity index (χ0) is 35.0. The Morgan fingerprint density at radius 2 is 1.61 bits per heavy atom. The van der Waals surface area contributed by atoms with Gasteiger partial charge in [0.15, 0.2) is 12.6 Å². The van der Waals surface area contributed by atoms with Crippen molar-refractivity contribution in [2.45, 2.75) is 145 Å². The number of cyclic esters (lactones) is 1. The van der Waals surface area contributed by atoms with E-state index < -0.39 is 84.4 Å². The molecule has 4 saturated carbocycles. The number of aldehydes is 1. The Morgan fingerprint density at radius 3 is 2.31 bits per heavy atom. The molecule has 0 radical (unpaired) electrons. The molecule has 0 bridgehead atoms. The van der Waals surface area contributed by atoms with E-state index in [1.54, 1.807) is 13.0 Å². The summed E-state index contributed by atoms with van der Waals surface area (Å²) >= 11 is 0. The van der Waals surface area contributed by atoms with Gasteiger partial charge in [-0.1, -0.05) is 6.92 Å². The summed E-state index contributed by atoms with van der Waals surface area (Å²) in [5.41, 5.74) is -0.979. The summed E-state index contributed by atoms with van der Waals surface area (Å²) in [7, 11) is 0. The van der Waals surface area contributed by atoms with E-state index in [0.717, 1.165) is 44.0 Å². The van der Waals surface area contributed by atoms with E-state index in [1.807, 2.05) is 0 Å². The summed E-state index contributed by atoms with van der Waals surface area (Å²) in [6.07, 6.45) is -5.37. The first-order chi connectivity index (χ1) is 23.3. The Hall–Kier alpha value is -1.56. The maximum Gasteiger partial charge on any atom is 0.331 e. The summed E-state index contributed by atoms with van der Waals surface area (Å²) in [4.78, 5) is 25.0. The molecule has 6 fully saturated rings. The highest BCUT2D eigenvalue weighted by molar-refractivity contribution is 5.85. The van der Waals surface area contributed by atoms with Gasteiger partial charge in [0, 0.05) is 16.9 Å². The quantitative estimate of drug-likeness (QED) is 0.101. The van der Waals surface area contributed by atoms with E-state index in [2.05, 4.69) is 6.92 Å². The smallest absolute Gasteiger partial charge is 0.331 e. The predicted octanol–water partition coefficient (Wildman–Crippen LogP) is -0.541. The van der Waals surface area contributed by atoms with Crippen molar-refractivity contribution in [1.29, 1.82) is 0 Å². The Morgan fingerprint density at radius 1 is 0.878 bits per heavy atom. The molecule has 0 amide bonds. The molecule has 276 valence electrons. The third kappa shape index (κ3) is 5.56. The average molecular weight is 697 g/mol. The van der Waals surface area contributed by atoms with Crippen molar-refractivity contribution >= 4 is 12.3 Å². The molecule has 3 heterocycles. The van der Waals surface area contributed by atoms with Crippen LogP contribution in [0.25, 0.3) is 0 Å². The molecule has 18 atom stereocenters. The number of carbonyl (C=O) groups excluding carboxylic acids is 2. The van der Waals surface area contributed by atoms with Gasteiger partial charge in [-0.3, -0.25) is 0 Å². The minimum absolute atomic E-state index is 0.0177. The van der Waals surface area contributed by atoms with Crippen molar-refractivity contribution in [3.8, 4) is 0 Å². The van der Waals surface area contributed by atoms with Crippen LogP contribution in [-0.4, -0.2) is 134 Å². The van der Waals surface area contributed by atoms with E-state index >= 15 is 0 Å². The van der Waals surface area contributed by atoms with Gasteiger partial charge in [-0.15, -0.1) is 0 Å². The van der Waals surface area contributed by atoms with Crippen LogP contribution in [0.4, 0.5) is 0 Å². The third-order valence-electron chi connectivity index (χ3n) is 14.0. The number of carbonyl (C=O) groups is 2. The summed E-state index contributed by atoms with van der Waals surface area (Å²) in [6, 6.07) is 0. The lowest BCUT2D eigenvalue weighted by atomic mass is 9.43. The number of hydrogen-bond donors (Lipinski definition) is 7. The number of aliphatic hydroxyl groups excluding tert-OH is 6. The molecule has 7 aliphatic rings. The fraction of sp³-hybridized carbons (Fsp3) is 0.886. The van der Waals surface area contributed by atoms with Crippen molar-refractivity contribution in [2.24, 2.45) is 34.5 Å². The van der Waals surface area contributed by atoms with Gasteiger partial charge in [0.25, 0.3) is 0 Å². The first-order valence-electron chi connectivity index (χ1n) is 18.0. The second-order valence-electron chi connectivity index (χ2n) is 16.0. The normalized spacial score (nSPS) is 54.3. The van der Waals surface area contributed by atoms with Crippen LogP contribution in [0, 0.1) is 34.5 Å². The predicted molar refractivity (Wildman–Crippen MR) is 166 cm³/mol. The lowest BCUT2D eigenvalue weighted by Crippen LogP contribution is -2.64. The summed E-state index contributed by atoms with van der Waals surface area (Å²) in [5.74, 6) is -0.243. The average Bonchev–Trinajstić information content (AvgIpc) is 3.64. The van der Waals surface area contributed by atoms with Gasteiger partial charge in [0.2, 0.25) is 0 Å². The van der Waals surface area contributed by atoms with Crippen LogP contribution in [-0.2, 0) is 33.3 Å². The van der Waals surface area contributed by atoms with Crippen LogP contribution >= 0.6 is 0 Å². The van der Waals surface area contributed by atoms with Gasteiger partial charge in [-0.2, -0.15) is 0 Å². The monoisotopic (exact) mass is 696 g/mol. The fourth-order valence-electron chi connectivity index (χ4n) is 11.2. The number of fused-ring (bicyclic) bond motifs is 5. The largest absolute Gasteiger partial charge is 0.458 e. The van der Waals surface area contributed by atoms with E-state index in [9.17, 15) is 45.3 Å². The molecule has 7 N–H and O–H groups in total. The molecule has 0 spiro atoms. The Labute approximate surface area is 285 Å². The molecule has 0 unspecified atom stereocenters. The summed E-state index contributed by atoms with van der Waals surface area (Å²) in [6.45, 7) is 3.39. The summed E-state index contributed by atoms with van der Waals surface area (Å²) < 4.78 is 28.6. The van der Waals surface area contributed by atoms with Gasteiger partial charge in [0.1, 0.15) is 55.6 Å². The van der Waals surface area contributed by atoms with E-state index in [4.69, 9.17) is 23.7 Å². The highest BCUT2D eigenvalue weighted by atomic mass is 16.7. The SMILES string of the molecule is C[C@H]1O[C@@H](O[C@H]2CC[C@@]3(C=O)[C@H](CC[C@@H]4[C@@H]3CC[C@]3(C)[C@@H](C5=CC(=O)OC5)CC[C@]43O)C2)[C@H](O)[C@H](O)[C@H]1O[C@@H]1O[C@H](CO)[C@@H](O)[C@H](O)[C@H]1O. The van der Waals surface area contributed by atoms with Crippen LogP contribution < -0.4 is 0 Å². The van der Waals surface area contributed by atoms with Crippen molar-refractivity contribution < 1.29 is 69.0 Å². The molecule has 0 aromatic heterocycles. The van der Waals surface area contributed by atoms with E-state index in [1.165, 1.54) is 0 Å². The maximum absolute atomic E-state index is 13.1. The minimum Gasteiger partial charge on any atom is -0.458 e. The highest BCUT2D eigenvalue weighted by Gasteiger charge is 2.68. The minimum atomic E-state index is -1.68. The lowest BCUT2D eigenvalue weighted by Gasteiger charge is -2.63. The highest BCUT2D eigenvalue weighted by Crippen LogP contribution is 2.69. The van der Waals surface area contributed by atoms with Crippen LogP contribution in [0.15, 0.2) is 11.6 Å². The second kappa shape index (κ2) is 13.1. The van der Waals surface area contributed by atoms with Gasteiger partial charge in [0.05, 0.1) is 24.4 Å². The maximum atomic E-state index is 13.1. The number of ether oxygens (including phenoxy) is 5. The molecule has 14 nitrogen and oxygen atoms in total. The van der Waals surface area contributed by atoms with Crippen LogP contribution in [0.2, 0.25) is 0 Å². The molecule has 0 aromatic rings. The van der Waals surface area contributed by atoms with Crippen LogP contribution in [0.1, 0.15) is 71.6 Å². The molecule has 4 aliphatic carbocycles. The topological polar surface area (TPSA) is 222 Å². The molecular weight excluding hydrogens is 644 g/mol. The number of rotatable bonds is 7. The Balaban J connectivity index is 0.997. The van der Waals surface area contributed by atoms with Crippen molar-refractivity contribution in [2.75, 3.05) is 13.2 Å². The Kier molecular flexibility index (Phi) is 9.60. The van der Waals surface area contributed by atoms with Gasteiger partial charge < -0.3 is 64.2 Å². The lowest BCUT2D eigenvalue weighted by molar-refractivity contribution is -0.360. The molecule has 7 rings (SSSR count). The molecule has 0 aromatic carbocycles. The van der Waals surface area contributed by atoms with Crippen LogP contribution in [0.3, 0.4) is 0 Å². The molecule has 3 aliphatic heterocycles. The standard InChI is InChI=1S/C35H52O14/c1-16-30(49-32-28(42)26(40)25(39)23(13-36)48-32)27(41)29(43)31(46-16)47-19-5-9-34(15-37)18(12-19)3-4-22-21(34)6-8-33(2)20(7-10-35(22,33)44)17-11-24(38)45-14-17/h11,15-16,18-23,25-32,36,39-44H,3-10,12-14H2,1-2H3/t16-,18-,19+,20-,21+,22-,23-,25-,26+,27+,28-,29-,30+,31+,32+,33-,34-,35+/m1/s1. The fourth-order valence-corrected chi connectivity index (χ4v) is 11.2. The van der Waals surface area contributed by atoms with Crippen molar-refractivity contribution in [3.63, 3.8) is 0 Å². The zero-order valence-corrected chi connectivity index (χ0v) is 28.1. The van der Waals surface area contributed by atoms with Crippen molar-refractivity contribution in [1.82, 2.24) is 0 Å². The Bertz CT molecular complexity index is 1290. The van der Waals surface area contributed by atoms with E-state index in [-0.39, 0.29) is 42.4 Å². The van der Waals surface area contributed by atoms with Crippen LogP contribution in [0.5, 0.6) is 0 Å². The number of esters is 1. The number of hydrogen-bond acceptors (Lipinski definition) is 14. The zero-order valence-electron chi connectivity index (χ0n) is 28.1. The third-order valence-corrected chi connectivity index (χ3v) is 14.0. The molecule has 2 saturated heterocycles. The van der Waals surface area contributed by atoms with Gasteiger partial charge >= 0.3 is 5.97 Å².